The van der Waals surface area contributed by atoms with E-state index in [-0.39, 0.29) is 0 Å². The van der Waals surface area contributed by atoms with Gasteiger partial charge in [0.05, 0.1) is 0 Å². The zero-order valence-electron chi connectivity index (χ0n) is 7.99. The van der Waals surface area contributed by atoms with E-state index < -0.39 is 0 Å². The molecule has 1 aromatic heterocycles. The van der Waals surface area contributed by atoms with Gasteiger partial charge in [-0.05, 0) is 32.1 Å². The maximum absolute atomic E-state index is 10.9. The van der Waals surface area contributed by atoms with Crippen LogP contribution in [0, 0.1) is 0 Å². The van der Waals surface area contributed by atoms with E-state index in [1.54, 1.807) is 0 Å². The zero-order valence-corrected chi connectivity index (χ0v) is 7.99. The van der Waals surface area contributed by atoms with Crippen molar-refractivity contribution in [3.05, 3.63) is 22.8 Å². The molecule has 0 bridgehead atoms. The summed E-state index contributed by atoms with van der Waals surface area (Å²) in [6, 6.07) is 0. The van der Waals surface area contributed by atoms with Crippen LogP contribution in [0.5, 0.6) is 0 Å². The normalized spacial score (nSPS) is 19.4. The van der Waals surface area contributed by atoms with E-state index in [4.69, 9.17) is 0 Å². The number of aldehydes is 1. The van der Waals surface area contributed by atoms with Crippen LogP contribution in [0.1, 0.15) is 52.8 Å². The summed E-state index contributed by atoms with van der Waals surface area (Å²) in [5, 5.41) is 0. The number of hydrogen-bond donors (Lipinski definition) is 0. The van der Waals surface area contributed by atoms with E-state index in [1.807, 2.05) is 0 Å². The quantitative estimate of drug-likeness (QED) is 0.663. The van der Waals surface area contributed by atoms with Crippen LogP contribution in [0.2, 0.25) is 0 Å². The molecule has 0 N–H and O–H groups in total. The molecule has 14 heavy (non-hydrogen) atoms. The molecule has 1 fully saturated rings. The van der Waals surface area contributed by atoms with Crippen molar-refractivity contribution >= 4 is 6.29 Å². The molecule has 0 aliphatic heterocycles. The van der Waals surface area contributed by atoms with Crippen LogP contribution in [0.3, 0.4) is 0 Å². The molecular weight excluding hydrogens is 176 g/mol. The highest BCUT2D eigenvalue weighted by molar-refractivity contribution is 5.75. The van der Waals surface area contributed by atoms with Crippen LogP contribution in [-0.2, 0) is 12.8 Å². The van der Waals surface area contributed by atoms with Gasteiger partial charge >= 0.3 is 0 Å². The summed E-state index contributed by atoms with van der Waals surface area (Å²) >= 11 is 0. The van der Waals surface area contributed by atoms with Crippen LogP contribution in [0.25, 0.3) is 0 Å². The van der Waals surface area contributed by atoms with Crippen molar-refractivity contribution in [1.82, 2.24) is 9.97 Å². The first-order chi connectivity index (χ1) is 6.88. The summed E-state index contributed by atoms with van der Waals surface area (Å²) < 4.78 is 0. The number of aryl methyl sites for hydroxylation is 1. The number of nitrogens with zero attached hydrogens (tertiary/aromatic N) is 2. The summed E-state index contributed by atoms with van der Waals surface area (Å²) in [5.41, 5.74) is 2.88. The monoisotopic (exact) mass is 188 g/mol. The highest BCUT2D eigenvalue weighted by atomic mass is 16.1. The summed E-state index contributed by atoms with van der Waals surface area (Å²) in [6.45, 7) is 0. The standard InChI is InChI=1S/C11H12N2O/c14-6-10-8-2-1-3-9(8)12-11(13-10)7-4-5-7/h6-7H,1-5H2. The Morgan fingerprint density at radius 1 is 1.21 bits per heavy atom. The van der Waals surface area contributed by atoms with Gasteiger partial charge in [0.1, 0.15) is 11.5 Å². The Labute approximate surface area is 82.6 Å². The van der Waals surface area contributed by atoms with E-state index in [2.05, 4.69) is 9.97 Å². The molecular formula is C11H12N2O. The average Bonchev–Trinajstić information content (AvgIpc) is 2.95. The first kappa shape index (κ1) is 8.09. The van der Waals surface area contributed by atoms with Crippen molar-refractivity contribution in [3.8, 4) is 0 Å². The fraction of sp³-hybridized carbons (Fsp3) is 0.545. The average molecular weight is 188 g/mol. The Morgan fingerprint density at radius 2 is 2.07 bits per heavy atom. The van der Waals surface area contributed by atoms with E-state index in [1.165, 1.54) is 12.8 Å². The van der Waals surface area contributed by atoms with Gasteiger partial charge < -0.3 is 0 Å². The Hall–Kier alpha value is -1.25. The third kappa shape index (κ3) is 1.15. The molecule has 3 heteroatoms. The predicted octanol–water partition coefficient (Wildman–Crippen LogP) is 1.66. The topological polar surface area (TPSA) is 42.9 Å². The predicted molar refractivity (Wildman–Crippen MR) is 51.4 cm³/mol. The van der Waals surface area contributed by atoms with Gasteiger partial charge in [-0.1, -0.05) is 0 Å². The van der Waals surface area contributed by atoms with Crippen molar-refractivity contribution in [1.29, 1.82) is 0 Å². The van der Waals surface area contributed by atoms with E-state index in [9.17, 15) is 4.79 Å². The lowest BCUT2D eigenvalue weighted by Crippen LogP contribution is -2.04. The van der Waals surface area contributed by atoms with Gasteiger partial charge in [-0.3, -0.25) is 4.79 Å². The molecule has 0 amide bonds. The van der Waals surface area contributed by atoms with Crippen LogP contribution in [0.15, 0.2) is 0 Å². The SMILES string of the molecule is O=Cc1nc(C2CC2)nc2c1CCC2. The molecule has 2 aliphatic carbocycles. The zero-order chi connectivity index (χ0) is 9.54. The molecule has 0 atom stereocenters. The van der Waals surface area contributed by atoms with Crippen LogP contribution in [-0.4, -0.2) is 16.3 Å². The number of hydrogen-bond acceptors (Lipinski definition) is 3. The second-order valence-corrected chi connectivity index (χ2v) is 4.14. The number of rotatable bonds is 2. The van der Waals surface area contributed by atoms with Crippen molar-refractivity contribution in [2.24, 2.45) is 0 Å². The third-order valence-electron chi connectivity index (χ3n) is 3.04. The highest BCUT2D eigenvalue weighted by Crippen LogP contribution is 2.39. The first-order valence-corrected chi connectivity index (χ1v) is 5.23. The molecule has 0 spiro atoms. The lowest BCUT2D eigenvalue weighted by atomic mass is 10.2. The fourth-order valence-corrected chi connectivity index (χ4v) is 2.10. The molecule has 3 rings (SSSR count). The van der Waals surface area contributed by atoms with Gasteiger partial charge in [0, 0.05) is 17.2 Å². The molecule has 0 saturated heterocycles. The minimum absolute atomic E-state index is 0.541. The van der Waals surface area contributed by atoms with Crippen molar-refractivity contribution in [2.45, 2.75) is 38.0 Å². The number of aromatic nitrogens is 2. The van der Waals surface area contributed by atoms with Gasteiger partial charge in [0.25, 0.3) is 0 Å². The van der Waals surface area contributed by atoms with Crippen molar-refractivity contribution in [3.63, 3.8) is 0 Å². The summed E-state index contributed by atoms with van der Waals surface area (Å²) in [6.07, 6.45) is 6.40. The van der Waals surface area contributed by atoms with E-state index in [0.29, 0.717) is 11.6 Å². The third-order valence-corrected chi connectivity index (χ3v) is 3.04. The Kier molecular flexibility index (Phi) is 1.66. The smallest absolute Gasteiger partial charge is 0.168 e. The molecule has 1 heterocycles. The summed E-state index contributed by atoms with van der Waals surface area (Å²) in [4.78, 5) is 19.8. The van der Waals surface area contributed by atoms with Crippen LogP contribution < -0.4 is 0 Å². The number of carbonyl (C=O) groups is 1. The molecule has 3 nitrogen and oxygen atoms in total. The lowest BCUT2D eigenvalue weighted by molar-refractivity contribution is 0.111. The number of carbonyl (C=O) groups excluding carboxylic acids is 1. The van der Waals surface area contributed by atoms with E-state index >= 15 is 0 Å². The van der Waals surface area contributed by atoms with Crippen molar-refractivity contribution < 1.29 is 4.79 Å². The lowest BCUT2D eigenvalue weighted by Gasteiger charge is -2.04. The molecule has 2 aliphatic rings. The minimum Gasteiger partial charge on any atom is -0.296 e. The Morgan fingerprint density at radius 3 is 2.79 bits per heavy atom. The van der Waals surface area contributed by atoms with E-state index in [0.717, 1.165) is 42.6 Å². The fourth-order valence-electron chi connectivity index (χ4n) is 2.10. The second-order valence-electron chi connectivity index (χ2n) is 4.14. The molecule has 1 saturated carbocycles. The van der Waals surface area contributed by atoms with Crippen LogP contribution >= 0.6 is 0 Å². The highest BCUT2D eigenvalue weighted by Gasteiger charge is 2.29. The minimum atomic E-state index is 0.541. The number of fused-ring (bicyclic) bond motifs is 1. The molecule has 1 aromatic rings. The first-order valence-electron chi connectivity index (χ1n) is 5.23. The van der Waals surface area contributed by atoms with Gasteiger partial charge in [0.15, 0.2) is 6.29 Å². The van der Waals surface area contributed by atoms with Gasteiger partial charge in [-0.15, -0.1) is 0 Å². The largest absolute Gasteiger partial charge is 0.296 e. The summed E-state index contributed by atoms with van der Waals surface area (Å²) in [7, 11) is 0. The molecule has 0 aromatic carbocycles. The summed E-state index contributed by atoms with van der Waals surface area (Å²) in [5.74, 6) is 1.45. The van der Waals surface area contributed by atoms with Gasteiger partial charge in [0.2, 0.25) is 0 Å². The maximum Gasteiger partial charge on any atom is 0.168 e. The Bertz CT molecular complexity index is 397. The van der Waals surface area contributed by atoms with Crippen molar-refractivity contribution in [2.75, 3.05) is 0 Å². The van der Waals surface area contributed by atoms with Gasteiger partial charge in [-0.2, -0.15) is 0 Å². The van der Waals surface area contributed by atoms with Gasteiger partial charge in [-0.25, -0.2) is 9.97 Å². The molecule has 0 radical (unpaired) electrons. The maximum atomic E-state index is 10.9. The molecule has 0 unspecified atom stereocenters. The Balaban J connectivity index is 2.13. The van der Waals surface area contributed by atoms with Crippen LogP contribution in [0.4, 0.5) is 0 Å². The second kappa shape index (κ2) is 2.87. The molecule has 72 valence electrons.